The molecule has 0 unspecified atom stereocenters. The molecule has 1 aromatic carbocycles. The molecule has 0 radical (unpaired) electrons. The number of carbonyl (C=O) groups excluding carboxylic acids is 1. The van der Waals surface area contributed by atoms with Crippen molar-refractivity contribution in [2.75, 3.05) is 0 Å². The van der Waals surface area contributed by atoms with Crippen molar-refractivity contribution in [2.24, 2.45) is 0 Å². The van der Waals surface area contributed by atoms with Gasteiger partial charge in [-0.2, -0.15) is 0 Å². The topological polar surface area (TPSA) is 50.1 Å². The molecule has 0 bridgehead atoms. The van der Waals surface area contributed by atoms with Gasteiger partial charge in [0.25, 0.3) is 6.47 Å². The first-order valence-electron chi connectivity index (χ1n) is 3.08. The van der Waals surface area contributed by atoms with Crippen molar-refractivity contribution in [3.05, 3.63) is 29.8 Å². The summed E-state index contributed by atoms with van der Waals surface area (Å²) in [5.41, 5.74) is 0.597. The van der Waals surface area contributed by atoms with Crippen LogP contribution in [0, 0.1) is 5.41 Å². The first kappa shape index (κ1) is 7.47. The maximum Gasteiger partial charge on any atom is 0.298 e. The van der Waals surface area contributed by atoms with E-state index >= 15 is 0 Å². The van der Waals surface area contributed by atoms with Crippen LogP contribution in [0.5, 0.6) is 5.75 Å². The summed E-state index contributed by atoms with van der Waals surface area (Å²) in [6.07, 6.45) is 1.14. The minimum absolute atomic E-state index is 0.350. The predicted octanol–water partition coefficient (Wildman–Crippen LogP) is 1.22. The summed E-state index contributed by atoms with van der Waals surface area (Å²) in [6.45, 7) is 0.350. The van der Waals surface area contributed by atoms with Crippen LogP contribution in [0.4, 0.5) is 0 Å². The van der Waals surface area contributed by atoms with Gasteiger partial charge in [0.1, 0.15) is 5.75 Å². The highest BCUT2D eigenvalue weighted by molar-refractivity contribution is 5.81. The van der Waals surface area contributed by atoms with Gasteiger partial charge >= 0.3 is 0 Å². The van der Waals surface area contributed by atoms with Crippen LogP contribution in [0.15, 0.2) is 24.3 Å². The molecule has 3 nitrogen and oxygen atoms in total. The Bertz CT molecular complexity index is 271. The number of hydrogen-bond donors (Lipinski definition) is 1. The monoisotopic (exact) mass is 149 g/mol. The van der Waals surface area contributed by atoms with E-state index in [4.69, 9.17) is 5.41 Å². The van der Waals surface area contributed by atoms with E-state index in [-0.39, 0.29) is 0 Å². The second kappa shape index (κ2) is 3.51. The Morgan fingerprint density at radius 1 is 1.36 bits per heavy atom. The third-order valence-corrected chi connectivity index (χ3v) is 1.25. The molecule has 3 heteroatoms. The normalized spacial score (nSPS) is 8.73. The molecular formula is C8H7NO2. The molecule has 0 aromatic heterocycles. The maximum absolute atomic E-state index is 9.95. The fourth-order valence-electron chi connectivity index (χ4n) is 0.759. The number of para-hydroxylation sites is 1. The molecule has 0 fully saturated rings. The van der Waals surface area contributed by atoms with Crippen molar-refractivity contribution in [2.45, 2.75) is 0 Å². The molecule has 1 rings (SSSR count). The molecule has 0 aliphatic carbocycles. The van der Waals surface area contributed by atoms with Crippen molar-refractivity contribution < 1.29 is 9.53 Å². The number of nitrogens with one attached hydrogen (secondary N) is 1. The van der Waals surface area contributed by atoms with Crippen molar-refractivity contribution in [3.8, 4) is 5.75 Å². The van der Waals surface area contributed by atoms with Crippen molar-refractivity contribution >= 4 is 12.7 Å². The van der Waals surface area contributed by atoms with Crippen LogP contribution in [-0.4, -0.2) is 12.7 Å². The minimum Gasteiger partial charge on any atom is -0.428 e. The summed E-state index contributed by atoms with van der Waals surface area (Å²) < 4.78 is 4.60. The van der Waals surface area contributed by atoms with Gasteiger partial charge < -0.3 is 10.1 Å². The highest BCUT2D eigenvalue weighted by Crippen LogP contribution is 2.13. The van der Waals surface area contributed by atoms with Crippen LogP contribution in [0.2, 0.25) is 0 Å². The lowest BCUT2D eigenvalue weighted by Crippen LogP contribution is -1.92. The average Bonchev–Trinajstić information content (AvgIpc) is 2.06. The molecule has 0 heterocycles. The third-order valence-electron chi connectivity index (χ3n) is 1.25. The highest BCUT2D eigenvalue weighted by Gasteiger charge is 1.96. The summed E-state index contributed by atoms with van der Waals surface area (Å²) in [5, 5.41) is 6.94. The Kier molecular flexibility index (Phi) is 2.38. The lowest BCUT2D eigenvalue weighted by atomic mass is 10.2. The van der Waals surface area contributed by atoms with E-state index in [0.717, 1.165) is 6.21 Å². The smallest absolute Gasteiger partial charge is 0.298 e. The largest absolute Gasteiger partial charge is 0.428 e. The molecule has 1 aromatic rings. The van der Waals surface area contributed by atoms with Crippen LogP contribution in [0.1, 0.15) is 5.56 Å². The van der Waals surface area contributed by atoms with Gasteiger partial charge in [-0.05, 0) is 12.1 Å². The molecule has 0 amide bonds. The van der Waals surface area contributed by atoms with Gasteiger partial charge in [0, 0.05) is 11.8 Å². The Labute approximate surface area is 64.1 Å². The third kappa shape index (κ3) is 1.64. The first-order valence-corrected chi connectivity index (χ1v) is 3.08. The highest BCUT2D eigenvalue weighted by atomic mass is 16.5. The van der Waals surface area contributed by atoms with Gasteiger partial charge in [-0.25, -0.2) is 0 Å². The standard InChI is InChI=1S/C8H7NO2/c9-5-7-3-1-2-4-8(7)11-6-10/h1-6,9H. The van der Waals surface area contributed by atoms with E-state index < -0.39 is 0 Å². The van der Waals surface area contributed by atoms with Gasteiger partial charge in [0.05, 0.1) is 0 Å². The Balaban J connectivity index is 3.01. The Morgan fingerprint density at radius 2 is 2.09 bits per heavy atom. The van der Waals surface area contributed by atoms with E-state index in [0.29, 0.717) is 17.8 Å². The maximum atomic E-state index is 9.95. The van der Waals surface area contributed by atoms with Crippen LogP contribution < -0.4 is 4.74 Å². The van der Waals surface area contributed by atoms with Crippen LogP contribution in [0.25, 0.3) is 0 Å². The van der Waals surface area contributed by atoms with Gasteiger partial charge in [0.2, 0.25) is 0 Å². The second-order valence-electron chi connectivity index (χ2n) is 1.90. The van der Waals surface area contributed by atoms with Crippen molar-refractivity contribution in [1.82, 2.24) is 0 Å². The summed E-state index contributed by atoms with van der Waals surface area (Å²) in [6, 6.07) is 6.85. The fourth-order valence-corrected chi connectivity index (χ4v) is 0.759. The Hall–Kier alpha value is -1.64. The lowest BCUT2D eigenvalue weighted by molar-refractivity contribution is -0.120. The quantitative estimate of drug-likeness (QED) is 0.519. The summed E-state index contributed by atoms with van der Waals surface area (Å²) in [5.74, 6) is 0.414. The molecule has 0 spiro atoms. The molecule has 56 valence electrons. The number of rotatable bonds is 3. The SMILES string of the molecule is N=Cc1ccccc1OC=O. The number of ether oxygens (including phenoxy) is 1. The molecular weight excluding hydrogens is 142 g/mol. The van der Waals surface area contributed by atoms with Gasteiger partial charge in [-0.1, -0.05) is 12.1 Å². The molecule has 11 heavy (non-hydrogen) atoms. The van der Waals surface area contributed by atoms with Crippen molar-refractivity contribution in [3.63, 3.8) is 0 Å². The summed E-state index contributed by atoms with van der Waals surface area (Å²) in [4.78, 5) is 9.95. The van der Waals surface area contributed by atoms with E-state index in [1.165, 1.54) is 0 Å². The van der Waals surface area contributed by atoms with E-state index in [9.17, 15) is 4.79 Å². The summed E-state index contributed by atoms with van der Waals surface area (Å²) in [7, 11) is 0. The molecule has 0 saturated carbocycles. The van der Waals surface area contributed by atoms with Gasteiger partial charge in [0.15, 0.2) is 0 Å². The lowest BCUT2D eigenvalue weighted by Gasteiger charge is -1.99. The zero-order valence-electron chi connectivity index (χ0n) is 5.78. The fraction of sp³-hybridized carbons (Fsp3) is 0. The van der Waals surface area contributed by atoms with Gasteiger partial charge in [-0.3, -0.25) is 4.79 Å². The molecule has 0 aliphatic heterocycles. The Morgan fingerprint density at radius 3 is 2.73 bits per heavy atom. The number of carbonyl (C=O) groups is 1. The zero-order valence-corrected chi connectivity index (χ0v) is 5.78. The van der Waals surface area contributed by atoms with E-state index in [1.54, 1.807) is 24.3 Å². The zero-order chi connectivity index (χ0) is 8.10. The van der Waals surface area contributed by atoms with Crippen LogP contribution in [0.3, 0.4) is 0 Å². The molecule has 1 N–H and O–H groups in total. The van der Waals surface area contributed by atoms with Crippen LogP contribution >= 0.6 is 0 Å². The number of hydrogen-bond acceptors (Lipinski definition) is 3. The van der Waals surface area contributed by atoms with Gasteiger partial charge in [-0.15, -0.1) is 0 Å². The molecule has 0 aliphatic rings. The first-order chi connectivity index (χ1) is 5.38. The predicted molar refractivity (Wildman–Crippen MR) is 41.0 cm³/mol. The molecule has 0 saturated heterocycles. The minimum atomic E-state index is 0.350. The average molecular weight is 149 g/mol. The molecule has 0 atom stereocenters. The van der Waals surface area contributed by atoms with E-state index in [2.05, 4.69) is 4.74 Å². The summed E-state index contributed by atoms with van der Waals surface area (Å²) >= 11 is 0. The van der Waals surface area contributed by atoms with E-state index in [1.807, 2.05) is 0 Å². The van der Waals surface area contributed by atoms with Crippen LogP contribution in [-0.2, 0) is 4.79 Å². The van der Waals surface area contributed by atoms with Crippen molar-refractivity contribution in [1.29, 1.82) is 5.41 Å². The second-order valence-corrected chi connectivity index (χ2v) is 1.90. The number of benzene rings is 1.